The minimum absolute atomic E-state index is 0.0290. The van der Waals surface area contributed by atoms with Gasteiger partial charge in [0.2, 0.25) is 5.91 Å². The number of carbonyl (C=O) groups is 2. The number of halogens is 4. The largest absolute Gasteiger partial charge is 0.405 e. The van der Waals surface area contributed by atoms with E-state index in [0.717, 1.165) is 0 Å². The highest BCUT2D eigenvalue weighted by molar-refractivity contribution is 5.96. The Labute approximate surface area is 214 Å². The van der Waals surface area contributed by atoms with E-state index in [1.165, 1.54) is 23.2 Å². The maximum atomic E-state index is 13.6. The van der Waals surface area contributed by atoms with Crippen LogP contribution in [0, 0.1) is 5.82 Å². The van der Waals surface area contributed by atoms with Crippen LogP contribution in [0.25, 0.3) is 11.0 Å². The second-order valence-corrected chi connectivity index (χ2v) is 9.49. The Hall–Kier alpha value is -3.78. The molecule has 0 aliphatic carbocycles. The monoisotopic (exact) mass is 535 g/mol. The summed E-state index contributed by atoms with van der Waals surface area (Å²) >= 11 is 0. The first-order valence-corrected chi connectivity index (χ1v) is 11.9. The molecule has 2 fully saturated rings. The maximum Gasteiger partial charge on any atom is 0.405 e. The van der Waals surface area contributed by atoms with Crippen molar-refractivity contribution in [2.75, 3.05) is 37.7 Å². The lowest BCUT2D eigenvalue weighted by Gasteiger charge is -2.46. The fourth-order valence-corrected chi connectivity index (χ4v) is 5.18. The van der Waals surface area contributed by atoms with Crippen molar-refractivity contribution in [1.29, 1.82) is 0 Å². The van der Waals surface area contributed by atoms with E-state index in [-0.39, 0.29) is 25.7 Å². The van der Waals surface area contributed by atoms with Crippen LogP contribution >= 0.6 is 0 Å². The van der Waals surface area contributed by atoms with Gasteiger partial charge in [-0.3, -0.25) is 14.7 Å². The van der Waals surface area contributed by atoms with E-state index in [1.54, 1.807) is 29.3 Å². The third-order valence-corrected chi connectivity index (χ3v) is 7.11. The van der Waals surface area contributed by atoms with E-state index in [0.29, 0.717) is 35.1 Å². The number of piperidine rings is 1. The fourth-order valence-electron chi connectivity index (χ4n) is 5.18. The van der Waals surface area contributed by atoms with E-state index in [4.69, 9.17) is 0 Å². The molecule has 3 aromatic rings. The number of hydrogen-bond acceptors (Lipinski definition) is 7. The van der Waals surface area contributed by atoms with E-state index in [1.807, 2.05) is 10.2 Å². The standard InChI is InChI=1S/C24H25F4N7O3/c25-17-1-3-18(4-2-17)35-14-34(12-19(36)30-13-24(26,27)28)22(38)23(35)5-7-33(8-6-23)21(37)16-9-15-11-31-32-20(15)29-10-16/h1-4,9-11,22,38H,5-8,12-14H2,(H,30,36)(H,29,31,32). The Morgan fingerprint density at radius 2 is 1.87 bits per heavy atom. The van der Waals surface area contributed by atoms with Gasteiger partial charge in [0, 0.05) is 30.4 Å². The number of benzene rings is 1. The van der Waals surface area contributed by atoms with Gasteiger partial charge in [0.15, 0.2) is 5.65 Å². The van der Waals surface area contributed by atoms with Gasteiger partial charge in [0.25, 0.3) is 5.91 Å². The highest BCUT2D eigenvalue weighted by atomic mass is 19.4. The van der Waals surface area contributed by atoms with Crippen molar-refractivity contribution in [2.24, 2.45) is 0 Å². The molecule has 0 radical (unpaired) electrons. The van der Waals surface area contributed by atoms with E-state index in [2.05, 4.69) is 15.2 Å². The maximum absolute atomic E-state index is 13.6. The van der Waals surface area contributed by atoms with E-state index >= 15 is 0 Å². The van der Waals surface area contributed by atoms with Gasteiger partial charge in [-0.2, -0.15) is 18.3 Å². The Kier molecular flexibility index (Phi) is 6.69. The highest BCUT2D eigenvalue weighted by Gasteiger charge is 2.54. The number of alkyl halides is 3. The zero-order valence-electron chi connectivity index (χ0n) is 20.1. The summed E-state index contributed by atoms with van der Waals surface area (Å²) in [5, 5.41) is 20.5. The zero-order chi connectivity index (χ0) is 27.1. The van der Waals surface area contributed by atoms with Crippen LogP contribution < -0.4 is 10.2 Å². The van der Waals surface area contributed by atoms with Gasteiger partial charge in [-0.15, -0.1) is 0 Å². The van der Waals surface area contributed by atoms with Gasteiger partial charge in [0.1, 0.15) is 18.6 Å². The molecule has 38 heavy (non-hydrogen) atoms. The SMILES string of the molecule is O=C(CN1CN(c2ccc(F)cc2)C2(CCN(C(=O)c3cnc4[nH]ncc4c3)CC2)C1O)NCC(F)(F)F. The average Bonchev–Trinajstić information content (AvgIpc) is 3.46. The van der Waals surface area contributed by atoms with Crippen molar-refractivity contribution in [3.8, 4) is 0 Å². The number of nitrogens with one attached hydrogen (secondary N) is 2. The minimum atomic E-state index is -4.56. The molecular formula is C24H25F4N7O3. The molecule has 1 atom stereocenters. The molecule has 2 saturated heterocycles. The molecule has 202 valence electrons. The average molecular weight is 536 g/mol. The third kappa shape index (κ3) is 5.00. The van der Waals surface area contributed by atoms with Crippen molar-refractivity contribution < 1.29 is 32.3 Å². The zero-order valence-corrected chi connectivity index (χ0v) is 20.1. The number of aliphatic hydroxyl groups excluding tert-OH is 1. The van der Waals surface area contributed by atoms with Gasteiger partial charge in [-0.05, 0) is 43.2 Å². The molecule has 2 amide bonds. The highest BCUT2D eigenvalue weighted by Crippen LogP contribution is 2.42. The van der Waals surface area contributed by atoms with Crippen molar-refractivity contribution in [2.45, 2.75) is 30.8 Å². The third-order valence-electron chi connectivity index (χ3n) is 7.11. The summed E-state index contributed by atoms with van der Waals surface area (Å²) in [5.41, 5.74) is 0.576. The number of amides is 2. The molecule has 1 aromatic carbocycles. The van der Waals surface area contributed by atoms with Crippen LogP contribution in [-0.2, 0) is 4.79 Å². The number of rotatable bonds is 5. The summed E-state index contributed by atoms with van der Waals surface area (Å²) in [4.78, 5) is 34.5. The first-order chi connectivity index (χ1) is 18.1. The van der Waals surface area contributed by atoms with Crippen molar-refractivity contribution in [1.82, 2.24) is 30.3 Å². The number of pyridine rings is 1. The second kappa shape index (κ2) is 9.83. The first kappa shape index (κ1) is 25.9. The molecule has 14 heteroatoms. The molecule has 1 unspecified atom stereocenters. The molecule has 3 N–H and O–H groups in total. The van der Waals surface area contributed by atoms with Crippen molar-refractivity contribution >= 4 is 28.5 Å². The normalized spacial score (nSPS) is 19.9. The second-order valence-electron chi connectivity index (χ2n) is 9.49. The Balaban J connectivity index is 1.34. The predicted octanol–water partition coefficient (Wildman–Crippen LogP) is 1.85. The Bertz CT molecular complexity index is 1320. The van der Waals surface area contributed by atoms with Gasteiger partial charge >= 0.3 is 6.18 Å². The molecular weight excluding hydrogens is 510 g/mol. The van der Waals surface area contributed by atoms with Crippen molar-refractivity contribution in [3.63, 3.8) is 0 Å². The molecule has 2 aliphatic rings. The number of carbonyl (C=O) groups excluding carboxylic acids is 2. The number of hydrogen-bond donors (Lipinski definition) is 3. The molecule has 10 nitrogen and oxygen atoms in total. The number of aliphatic hydroxyl groups is 1. The van der Waals surface area contributed by atoms with Crippen LogP contribution in [0.5, 0.6) is 0 Å². The predicted molar refractivity (Wildman–Crippen MR) is 127 cm³/mol. The number of likely N-dealkylation sites (tertiary alicyclic amines) is 1. The van der Waals surface area contributed by atoms with E-state index < -0.39 is 42.8 Å². The molecule has 0 bridgehead atoms. The van der Waals surface area contributed by atoms with Crippen LogP contribution in [0.1, 0.15) is 23.2 Å². The van der Waals surface area contributed by atoms with Crippen LogP contribution in [0.15, 0.2) is 42.7 Å². The summed E-state index contributed by atoms with van der Waals surface area (Å²) in [7, 11) is 0. The lowest BCUT2D eigenvalue weighted by atomic mass is 9.84. The molecule has 4 heterocycles. The first-order valence-electron chi connectivity index (χ1n) is 11.9. The lowest BCUT2D eigenvalue weighted by molar-refractivity contribution is -0.140. The molecule has 1 spiro atoms. The van der Waals surface area contributed by atoms with Crippen LogP contribution in [0.2, 0.25) is 0 Å². The van der Waals surface area contributed by atoms with Gasteiger partial charge < -0.3 is 20.2 Å². The number of aromatic amines is 1. The summed E-state index contributed by atoms with van der Waals surface area (Å²) in [6.07, 6.45) is -2.13. The Morgan fingerprint density at radius 3 is 2.55 bits per heavy atom. The van der Waals surface area contributed by atoms with Crippen molar-refractivity contribution in [3.05, 3.63) is 54.1 Å². The number of H-pyrrole nitrogens is 1. The Morgan fingerprint density at radius 1 is 1.16 bits per heavy atom. The number of aromatic nitrogens is 3. The molecule has 2 aromatic heterocycles. The van der Waals surface area contributed by atoms with E-state index in [9.17, 15) is 32.3 Å². The van der Waals surface area contributed by atoms with Gasteiger partial charge in [-0.25, -0.2) is 14.3 Å². The summed E-state index contributed by atoms with van der Waals surface area (Å²) < 4.78 is 51.2. The molecule has 0 saturated carbocycles. The summed E-state index contributed by atoms with van der Waals surface area (Å²) in [6.45, 7) is -1.37. The summed E-state index contributed by atoms with van der Waals surface area (Å²) in [6, 6.07) is 7.31. The van der Waals surface area contributed by atoms with Gasteiger partial charge in [0.05, 0.1) is 30.5 Å². The van der Waals surface area contributed by atoms with Crippen LogP contribution in [0.3, 0.4) is 0 Å². The quantitative estimate of drug-likeness (QED) is 0.427. The number of nitrogens with zero attached hydrogens (tertiary/aromatic N) is 5. The summed E-state index contributed by atoms with van der Waals surface area (Å²) in [5.74, 6) is -1.57. The topological polar surface area (TPSA) is 118 Å². The molecule has 5 rings (SSSR count). The minimum Gasteiger partial charge on any atom is -0.376 e. The fraction of sp³-hybridized carbons (Fsp3) is 0.417. The smallest absolute Gasteiger partial charge is 0.376 e. The molecule has 2 aliphatic heterocycles. The number of anilines is 1. The van der Waals surface area contributed by atoms with Gasteiger partial charge in [-0.1, -0.05) is 0 Å². The number of fused-ring (bicyclic) bond motifs is 1. The van der Waals surface area contributed by atoms with Crippen LogP contribution in [0.4, 0.5) is 23.2 Å². The lowest BCUT2D eigenvalue weighted by Crippen LogP contribution is -2.59. The van der Waals surface area contributed by atoms with Crippen LogP contribution in [-0.4, -0.2) is 92.7 Å².